The highest BCUT2D eigenvalue weighted by atomic mass is 16.6. The number of nitrogens with one attached hydrogen (secondary N) is 2. The molecule has 6 aromatic heterocycles. The summed E-state index contributed by atoms with van der Waals surface area (Å²) in [6.45, 7) is 25.2. The maximum absolute atomic E-state index is 13.5. The fraction of sp³-hybridized carbons (Fsp3) is 0.409. The Morgan fingerprint density at radius 3 is 1.08 bits per heavy atom. The topological polar surface area (TPSA) is 416 Å². The number of carbonyl (C=O) groups is 5. The van der Waals surface area contributed by atoms with E-state index in [4.69, 9.17) is 71.1 Å². The van der Waals surface area contributed by atoms with Gasteiger partial charge < -0.3 is 102 Å². The van der Waals surface area contributed by atoms with Crippen molar-refractivity contribution in [3.63, 3.8) is 0 Å². The number of likely N-dealkylation sites (N-methyl/N-ethyl adjacent to an activating group) is 1. The van der Waals surface area contributed by atoms with E-state index in [1.54, 1.807) is 97.2 Å². The van der Waals surface area contributed by atoms with Crippen molar-refractivity contribution in [2.75, 3.05) is 107 Å². The van der Waals surface area contributed by atoms with E-state index in [0.717, 1.165) is 130 Å². The molecule has 0 spiro atoms. The van der Waals surface area contributed by atoms with Crippen LogP contribution in [-0.2, 0) is 23.7 Å². The first kappa shape index (κ1) is 102. The molecule has 0 bridgehead atoms. The Morgan fingerprint density at radius 2 is 0.754 bits per heavy atom. The average molecular weight is 1930 g/mol. The summed E-state index contributed by atoms with van der Waals surface area (Å²) in [6, 6.07) is 49.7. The number of nitrogens with zero attached hydrogens (tertiary/aromatic N) is 9. The minimum atomic E-state index is -1.04. The Hall–Kier alpha value is -14.6. The van der Waals surface area contributed by atoms with E-state index >= 15 is 0 Å². The summed E-state index contributed by atoms with van der Waals surface area (Å²) in [5, 5.41) is 45.2. The summed E-state index contributed by atoms with van der Waals surface area (Å²) in [7, 11) is 6.68. The molecule has 6 saturated heterocycles. The van der Waals surface area contributed by atoms with Crippen molar-refractivity contribution in [3.05, 3.63) is 198 Å². The average Bonchev–Trinajstić information content (AvgIpc) is 1.64. The van der Waals surface area contributed by atoms with Crippen LogP contribution in [0.3, 0.4) is 0 Å². The van der Waals surface area contributed by atoms with Crippen LogP contribution in [0.25, 0.3) is 101 Å². The third-order valence-electron chi connectivity index (χ3n) is 25.5. The van der Waals surface area contributed by atoms with Gasteiger partial charge in [0.15, 0.2) is 16.7 Å². The molecule has 6 aromatic carbocycles. The second-order valence-corrected chi connectivity index (χ2v) is 39.4. The Bertz CT molecular complexity index is 6730. The summed E-state index contributed by atoms with van der Waals surface area (Å²) >= 11 is 0. The normalized spacial score (nSPS) is 18.7. The van der Waals surface area contributed by atoms with Crippen molar-refractivity contribution in [2.24, 2.45) is 5.73 Å². The van der Waals surface area contributed by atoms with Gasteiger partial charge in [0.1, 0.15) is 116 Å². The maximum Gasteiger partial charge on any atom is 0.410 e. The molecule has 4 amide bonds. The first-order valence-corrected chi connectivity index (χ1v) is 48.0. The van der Waals surface area contributed by atoms with E-state index in [1.165, 1.54) is 19.2 Å². The van der Waals surface area contributed by atoms with Gasteiger partial charge in [-0.15, -0.1) is 0 Å². The minimum Gasteiger partial charge on any atom is -0.496 e. The molecule has 0 saturated carbocycles. The number of carboxylic acids is 1. The molecule has 0 aliphatic carbocycles. The third kappa shape index (κ3) is 25.2. The van der Waals surface area contributed by atoms with E-state index in [-0.39, 0.29) is 59.0 Å². The number of nitriles is 3. The SMILES string of the molecule is CC1(N)CCCN(C(=O)OC(C)(C)C)C1.COc1cc(C(=O)NC2(C)CCCN(C(=O)OC(C)(C)C)C2)ccc1-c1cc2nccc(-c3ccc(OC4CCOCC4)c(C#N)c3)c2o1.COc1cc(C(=O)NC2(C)CCCN(C)C2)ccc1-c1cc2nccc(-c3ccc(OC4CCOCC4)c(C#N)c3)c2o1.COc1cc(C(=O)O)ccc1-c1cc2nccc(-c3ccc(OC4CCOCC4)c(C#N)c3)c2o1. The number of aromatic carboxylic acids is 1. The van der Waals surface area contributed by atoms with Crippen molar-refractivity contribution < 1.29 is 94.4 Å². The summed E-state index contributed by atoms with van der Waals surface area (Å²) in [5.41, 5.74) is 16.6. The largest absolute Gasteiger partial charge is 0.496 e. The van der Waals surface area contributed by atoms with Crippen LogP contribution in [0.2, 0.25) is 0 Å². The second kappa shape index (κ2) is 44.5. The number of carboxylic acid groups (broad SMARTS) is 1. The zero-order valence-electron chi connectivity index (χ0n) is 82.6. The number of furan rings is 3. The van der Waals surface area contributed by atoms with Gasteiger partial charge in [-0.25, -0.2) is 14.4 Å². The Balaban J connectivity index is 0.000000151. The van der Waals surface area contributed by atoms with Crippen LogP contribution in [0.5, 0.6) is 34.5 Å². The van der Waals surface area contributed by atoms with E-state index in [9.17, 15) is 44.9 Å². The van der Waals surface area contributed by atoms with E-state index in [0.29, 0.717) is 189 Å². The van der Waals surface area contributed by atoms with Gasteiger partial charge in [0.25, 0.3) is 11.8 Å². The van der Waals surface area contributed by atoms with Gasteiger partial charge in [-0.05, 0) is 240 Å². The van der Waals surface area contributed by atoms with Gasteiger partial charge in [0, 0.05) is 141 Å². The van der Waals surface area contributed by atoms with Gasteiger partial charge in [-0.3, -0.25) is 24.5 Å². The summed E-state index contributed by atoms with van der Waals surface area (Å²) in [6.07, 6.45) is 14.7. The summed E-state index contributed by atoms with van der Waals surface area (Å²) in [5.74, 6) is 3.18. The number of pyridine rings is 3. The van der Waals surface area contributed by atoms with Crippen LogP contribution in [0.15, 0.2) is 177 Å². The molecule has 18 rings (SSSR count). The van der Waals surface area contributed by atoms with Crippen molar-refractivity contribution in [1.29, 1.82) is 15.8 Å². The highest BCUT2D eigenvalue weighted by Crippen LogP contribution is 2.45. The number of hydrogen-bond donors (Lipinski definition) is 4. The van der Waals surface area contributed by atoms with Crippen LogP contribution in [0.1, 0.15) is 187 Å². The molecular formula is C110H122N12O20. The lowest BCUT2D eigenvalue weighted by molar-refractivity contribution is 0.0120. The van der Waals surface area contributed by atoms with Crippen LogP contribution in [0, 0.1) is 34.0 Å². The molecule has 742 valence electrons. The molecule has 142 heavy (non-hydrogen) atoms. The number of amides is 4. The van der Waals surface area contributed by atoms with Crippen LogP contribution in [-0.4, -0.2) is 218 Å². The molecule has 12 aromatic rings. The van der Waals surface area contributed by atoms with Crippen molar-refractivity contribution in [3.8, 4) is 120 Å². The van der Waals surface area contributed by atoms with Gasteiger partial charge in [-0.1, -0.05) is 18.2 Å². The zero-order valence-corrected chi connectivity index (χ0v) is 82.6. The number of nitrogens with two attached hydrogens (primary N) is 1. The number of carbonyl (C=O) groups excluding carboxylic acids is 4. The highest BCUT2D eigenvalue weighted by Gasteiger charge is 2.39. The van der Waals surface area contributed by atoms with E-state index in [1.807, 2.05) is 134 Å². The summed E-state index contributed by atoms with van der Waals surface area (Å²) < 4.78 is 81.3. The zero-order chi connectivity index (χ0) is 101. The first-order chi connectivity index (χ1) is 68.1. The fourth-order valence-electron chi connectivity index (χ4n) is 18.4. The molecule has 32 heteroatoms. The van der Waals surface area contributed by atoms with Crippen LogP contribution >= 0.6 is 0 Å². The number of benzene rings is 6. The Morgan fingerprint density at radius 1 is 0.423 bits per heavy atom. The lowest BCUT2D eigenvalue weighted by Gasteiger charge is -2.41. The summed E-state index contributed by atoms with van der Waals surface area (Å²) in [4.78, 5) is 81.6. The molecule has 5 N–H and O–H groups in total. The van der Waals surface area contributed by atoms with Gasteiger partial charge >= 0.3 is 18.2 Å². The molecule has 3 atom stereocenters. The number of aromatic nitrogens is 3. The molecule has 0 radical (unpaired) electrons. The predicted molar refractivity (Wildman–Crippen MR) is 534 cm³/mol. The quantitative estimate of drug-likeness (QED) is 0.0550. The number of piperidine rings is 3. The fourth-order valence-corrected chi connectivity index (χ4v) is 18.4. The Kier molecular flexibility index (Phi) is 31.9. The van der Waals surface area contributed by atoms with Crippen molar-refractivity contribution in [2.45, 2.75) is 185 Å². The van der Waals surface area contributed by atoms with Crippen molar-refractivity contribution in [1.82, 2.24) is 40.3 Å². The van der Waals surface area contributed by atoms with Crippen molar-refractivity contribution >= 4 is 63.3 Å². The van der Waals surface area contributed by atoms with Gasteiger partial charge in [0.2, 0.25) is 0 Å². The maximum atomic E-state index is 13.5. The standard InChI is InChI=1S/C38H42N4O7.C34H36N4O5.C27H22N2O6.C11H22N2O2/c1-37(2,3)49-36(44)42-16-6-14-38(4,23-42)41-35(43)25-7-9-29(32(20-25)45-5)33-21-30-34(48-33)28(11-15-40-30)24-8-10-31(26(19-24)22-39)47-27-12-17-46-18-13-27;1-34(12-4-14-38(2)21-34)37-33(39)23-5-7-27(30(18-23)40-3)31-19-28-32(43-31)26(9-13-36-28)22-6-8-29(24(17-22)20-35)42-25-10-15-41-16-11-25;1-32-24-13-17(27(30)31)2-4-21(24)25-14-22-26(35-25)20(6-9-29-22)16-3-5-23(18(12-16)15-28)34-19-7-10-33-11-8-19;1-10(2,3)15-9(14)13-7-5-6-11(4,12)8-13/h7-11,15,19-21,27H,6,12-14,16-18,23H2,1-5H3,(H,41,43);5-9,13,17-19,25H,4,10-12,14-16,21H2,1-3H3,(H,37,39);2-6,9,12-14,19H,7-8,10-11H2,1H3,(H,30,31);5-8,12H2,1-4H3. The molecule has 6 aliphatic heterocycles. The molecule has 6 aliphatic rings. The molecule has 12 heterocycles. The number of ether oxygens (including phenoxy) is 11. The van der Waals surface area contributed by atoms with Gasteiger partial charge in [0.05, 0.1) is 111 Å². The van der Waals surface area contributed by atoms with Crippen LogP contribution < -0.4 is 44.8 Å². The molecule has 32 nitrogen and oxygen atoms in total. The molecular weight excluding hydrogens is 1810 g/mol. The third-order valence-corrected chi connectivity index (χ3v) is 25.5. The minimum absolute atomic E-state index is 0.0179. The van der Waals surface area contributed by atoms with E-state index < -0.39 is 22.7 Å². The number of hydrogen-bond acceptors (Lipinski definition) is 27. The molecule has 6 fully saturated rings. The lowest BCUT2D eigenvalue weighted by atomic mass is 9.90. The van der Waals surface area contributed by atoms with E-state index in [2.05, 4.69) is 62.7 Å². The monoisotopic (exact) mass is 1930 g/mol. The predicted octanol–water partition coefficient (Wildman–Crippen LogP) is 20.0. The number of methoxy groups -OCH3 is 3. The first-order valence-electron chi connectivity index (χ1n) is 48.0. The van der Waals surface area contributed by atoms with Gasteiger partial charge in [-0.2, -0.15) is 15.8 Å². The second-order valence-electron chi connectivity index (χ2n) is 39.4. The number of rotatable bonds is 20. The Labute approximate surface area is 825 Å². The number of fused-ring (bicyclic) bond motifs is 3. The highest BCUT2D eigenvalue weighted by molar-refractivity contribution is 6.00. The molecule has 3 unspecified atom stereocenters. The number of likely N-dealkylation sites (tertiary alicyclic amines) is 3. The van der Waals surface area contributed by atoms with Crippen LogP contribution in [0.4, 0.5) is 9.59 Å². The lowest BCUT2D eigenvalue weighted by Crippen LogP contribution is -2.58. The smallest absolute Gasteiger partial charge is 0.410 e.